The molecule has 0 saturated heterocycles. The Bertz CT molecular complexity index is 610. The minimum atomic E-state index is -0.761. The van der Waals surface area contributed by atoms with Gasteiger partial charge >= 0.3 is 0 Å². The van der Waals surface area contributed by atoms with Crippen molar-refractivity contribution in [1.29, 1.82) is 0 Å². The van der Waals surface area contributed by atoms with Crippen LogP contribution in [0.4, 0.5) is 0 Å². The highest BCUT2D eigenvalue weighted by Crippen LogP contribution is 2.40. The zero-order valence-corrected chi connectivity index (χ0v) is 13.0. The first kappa shape index (κ1) is 14.3. The molecule has 110 valence electrons. The van der Waals surface area contributed by atoms with E-state index in [-0.39, 0.29) is 0 Å². The monoisotopic (exact) mass is 280 g/mol. The van der Waals surface area contributed by atoms with Crippen LogP contribution in [0.25, 0.3) is 0 Å². The number of fused-ring (bicyclic) bond motifs is 1. The van der Waals surface area contributed by atoms with Gasteiger partial charge in [-0.05, 0) is 62.1 Å². The number of hydrogen-bond acceptors (Lipinski definition) is 1. The van der Waals surface area contributed by atoms with E-state index in [1.54, 1.807) is 0 Å². The van der Waals surface area contributed by atoms with Crippen molar-refractivity contribution < 1.29 is 5.11 Å². The summed E-state index contributed by atoms with van der Waals surface area (Å²) in [6.45, 7) is 4.03. The molecule has 0 saturated carbocycles. The van der Waals surface area contributed by atoms with Gasteiger partial charge in [0.15, 0.2) is 0 Å². The number of rotatable bonds is 3. The van der Waals surface area contributed by atoms with E-state index in [2.05, 4.69) is 55.5 Å². The third kappa shape index (κ3) is 3.03. The largest absolute Gasteiger partial charge is 0.385 e. The molecule has 0 fully saturated rings. The lowest BCUT2D eigenvalue weighted by atomic mass is 9.75. The molecule has 0 aliphatic heterocycles. The van der Waals surface area contributed by atoms with Crippen molar-refractivity contribution in [2.75, 3.05) is 0 Å². The molecule has 2 aromatic rings. The second-order valence-electron chi connectivity index (χ2n) is 6.63. The summed E-state index contributed by atoms with van der Waals surface area (Å²) < 4.78 is 0. The standard InChI is InChI=1S/C20H24O/c1-15-10-12-18(13-11-15)20(2,21)14-17-8-5-7-16-6-3-4-9-19(16)17/h3-4,6,9-13,17,21H,5,7-8,14H2,1-2H3. The van der Waals surface area contributed by atoms with Crippen molar-refractivity contribution in [1.82, 2.24) is 0 Å². The SMILES string of the molecule is Cc1ccc(C(C)(O)CC2CCCc3ccccc32)cc1. The Morgan fingerprint density at radius 3 is 2.57 bits per heavy atom. The fourth-order valence-corrected chi connectivity index (χ4v) is 3.58. The van der Waals surface area contributed by atoms with Crippen molar-refractivity contribution in [3.8, 4) is 0 Å². The second kappa shape index (κ2) is 5.65. The molecule has 0 aromatic heterocycles. The highest BCUT2D eigenvalue weighted by Gasteiger charge is 2.30. The van der Waals surface area contributed by atoms with Crippen LogP contribution in [0.5, 0.6) is 0 Å². The Hall–Kier alpha value is -1.60. The minimum Gasteiger partial charge on any atom is -0.385 e. The first-order valence-corrected chi connectivity index (χ1v) is 7.93. The first-order valence-electron chi connectivity index (χ1n) is 7.93. The number of hydrogen-bond donors (Lipinski definition) is 1. The van der Waals surface area contributed by atoms with E-state index in [4.69, 9.17) is 0 Å². The number of benzene rings is 2. The Kier molecular flexibility index (Phi) is 3.86. The highest BCUT2D eigenvalue weighted by atomic mass is 16.3. The van der Waals surface area contributed by atoms with Gasteiger partial charge in [0.1, 0.15) is 0 Å². The lowest BCUT2D eigenvalue weighted by Gasteiger charge is -2.32. The van der Waals surface area contributed by atoms with Crippen molar-refractivity contribution in [3.05, 3.63) is 70.8 Å². The molecule has 1 N–H and O–H groups in total. The fourth-order valence-electron chi connectivity index (χ4n) is 3.58. The maximum atomic E-state index is 11.0. The van der Waals surface area contributed by atoms with Crippen molar-refractivity contribution >= 4 is 0 Å². The van der Waals surface area contributed by atoms with E-state index in [1.165, 1.54) is 36.0 Å². The van der Waals surface area contributed by atoms with Crippen LogP contribution in [-0.4, -0.2) is 5.11 Å². The molecule has 21 heavy (non-hydrogen) atoms. The molecule has 0 amide bonds. The lowest BCUT2D eigenvalue weighted by molar-refractivity contribution is 0.0380. The van der Waals surface area contributed by atoms with E-state index >= 15 is 0 Å². The summed E-state index contributed by atoms with van der Waals surface area (Å²) >= 11 is 0. The van der Waals surface area contributed by atoms with E-state index < -0.39 is 5.60 Å². The smallest absolute Gasteiger partial charge is 0.0874 e. The summed E-state index contributed by atoms with van der Waals surface area (Å²) in [5.74, 6) is 0.464. The maximum Gasteiger partial charge on any atom is 0.0874 e. The van der Waals surface area contributed by atoms with Crippen molar-refractivity contribution in [3.63, 3.8) is 0 Å². The van der Waals surface area contributed by atoms with Gasteiger partial charge in [-0.3, -0.25) is 0 Å². The topological polar surface area (TPSA) is 20.2 Å². The average Bonchev–Trinajstić information content (AvgIpc) is 2.48. The first-order chi connectivity index (χ1) is 10.1. The Morgan fingerprint density at radius 2 is 1.81 bits per heavy atom. The average molecular weight is 280 g/mol. The quantitative estimate of drug-likeness (QED) is 0.863. The molecule has 1 nitrogen and oxygen atoms in total. The summed E-state index contributed by atoms with van der Waals surface area (Å²) in [7, 11) is 0. The van der Waals surface area contributed by atoms with Crippen LogP contribution in [0.15, 0.2) is 48.5 Å². The molecule has 1 heteroatoms. The second-order valence-corrected chi connectivity index (χ2v) is 6.63. The van der Waals surface area contributed by atoms with Gasteiger partial charge in [0.25, 0.3) is 0 Å². The van der Waals surface area contributed by atoms with Crippen molar-refractivity contribution in [2.24, 2.45) is 0 Å². The normalized spacial score (nSPS) is 20.6. The molecule has 2 unspecified atom stereocenters. The van der Waals surface area contributed by atoms with Gasteiger partial charge in [0, 0.05) is 0 Å². The van der Waals surface area contributed by atoms with E-state index in [9.17, 15) is 5.11 Å². The van der Waals surface area contributed by atoms with E-state index in [0.29, 0.717) is 5.92 Å². The molecule has 0 radical (unpaired) electrons. The Balaban J connectivity index is 1.84. The minimum absolute atomic E-state index is 0.464. The third-order valence-corrected chi connectivity index (χ3v) is 4.81. The van der Waals surface area contributed by atoms with Gasteiger partial charge in [0.2, 0.25) is 0 Å². The van der Waals surface area contributed by atoms with Gasteiger partial charge < -0.3 is 5.11 Å². The molecule has 2 aromatic carbocycles. The number of aryl methyl sites for hydroxylation is 2. The summed E-state index contributed by atoms with van der Waals surface area (Å²) in [5.41, 5.74) is 4.40. The van der Waals surface area contributed by atoms with Gasteiger partial charge in [0.05, 0.1) is 5.60 Å². The van der Waals surface area contributed by atoms with Gasteiger partial charge in [-0.15, -0.1) is 0 Å². The molecule has 0 heterocycles. The molecular weight excluding hydrogens is 256 g/mol. The van der Waals surface area contributed by atoms with Gasteiger partial charge in [-0.1, -0.05) is 54.1 Å². The molecular formula is C20H24O. The molecule has 3 rings (SSSR count). The summed E-state index contributed by atoms with van der Waals surface area (Å²) in [4.78, 5) is 0. The van der Waals surface area contributed by atoms with Crippen LogP contribution >= 0.6 is 0 Å². The lowest BCUT2D eigenvalue weighted by Crippen LogP contribution is -2.26. The maximum absolute atomic E-state index is 11.0. The van der Waals surface area contributed by atoms with Crippen molar-refractivity contribution in [2.45, 2.75) is 51.0 Å². The number of aliphatic hydroxyl groups is 1. The molecule has 0 spiro atoms. The zero-order chi connectivity index (χ0) is 14.9. The van der Waals surface area contributed by atoms with E-state index in [0.717, 1.165) is 12.0 Å². The third-order valence-electron chi connectivity index (χ3n) is 4.81. The predicted molar refractivity (Wildman–Crippen MR) is 87.5 cm³/mol. The zero-order valence-electron chi connectivity index (χ0n) is 13.0. The van der Waals surface area contributed by atoms with Crippen LogP contribution in [0, 0.1) is 6.92 Å². The molecule has 1 aliphatic carbocycles. The molecule has 2 atom stereocenters. The van der Waals surface area contributed by atoms with Crippen LogP contribution in [0.3, 0.4) is 0 Å². The molecule has 1 aliphatic rings. The van der Waals surface area contributed by atoms with Crippen LogP contribution in [0.1, 0.15) is 54.4 Å². The van der Waals surface area contributed by atoms with Gasteiger partial charge in [-0.2, -0.15) is 0 Å². The predicted octanol–water partition coefficient (Wildman–Crippen LogP) is 4.71. The van der Waals surface area contributed by atoms with Crippen LogP contribution in [0.2, 0.25) is 0 Å². The summed E-state index contributed by atoms with van der Waals surface area (Å²) in [6, 6.07) is 17.0. The Labute approximate surface area is 127 Å². The summed E-state index contributed by atoms with van der Waals surface area (Å²) in [6.07, 6.45) is 4.39. The van der Waals surface area contributed by atoms with Crippen LogP contribution < -0.4 is 0 Å². The Morgan fingerprint density at radius 1 is 1.10 bits per heavy atom. The van der Waals surface area contributed by atoms with E-state index in [1.807, 2.05) is 6.92 Å². The summed E-state index contributed by atoms with van der Waals surface area (Å²) in [5, 5.41) is 11.0. The van der Waals surface area contributed by atoms with Gasteiger partial charge in [-0.25, -0.2) is 0 Å². The molecule has 0 bridgehead atoms. The van der Waals surface area contributed by atoms with Crippen LogP contribution in [-0.2, 0) is 12.0 Å². The highest BCUT2D eigenvalue weighted by molar-refractivity contribution is 5.34. The fraction of sp³-hybridized carbons (Fsp3) is 0.400.